The number of fused-ring (bicyclic) bond motifs is 2. The molecule has 0 aromatic heterocycles. The van der Waals surface area contributed by atoms with Crippen LogP contribution in [0.4, 0.5) is 69.5 Å². The molecule has 0 radical (unpaired) electrons. The fraction of sp³-hybridized carbons (Fsp3) is 0.377. The topological polar surface area (TPSA) is 287 Å². The molecule has 2 aliphatic heterocycles. The molecule has 7 aromatic rings. The van der Waals surface area contributed by atoms with Crippen LogP contribution in [-0.4, -0.2) is 87.4 Å². The average molecular weight is 1500 g/mol. The number of hydrogen-bond donors (Lipinski definition) is 3. The molecular weight excluding hydrogens is 1400 g/mol. The van der Waals surface area contributed by atoms with Crippen molar-refractivity contribution in [3.8, 4) is 0 Å². The Bertz CT molecular complexity index is 3950. The molecule has 2 heterocycles. The van der Waals surface area contributed by atoms with E-state index < -0.39 is 33.7 Å². The Kier molecular flexibility index (Phi) is 33.4. The van der Waals surface area contributed by atoms with Gasteiger partial charge in [0, 0.05) is 86.8 Å². The van der Waals surface area contributed by atoms with Gasteiger partial charge in [0.25, 0.3) is 12.2 Å². The number of carbonyl (C=O) groups excluding carboxylic acids is 6. The zero-order valence-corrected chi connectivity index (χ0v) is 67.4. The van der Waals surface area contributed by atoms with Gasteiger partial charge in [0.05, 0.1) is 27.7 Å². The van der Waals surface area contributed by atoms with E-state index in [1.54, 1.807) is 37.8 Å². The smallest absolute Gasteiger partial charge is 0.662 e. The number of nitrogens with one attached hydrogen (secondary N) is 2. The molecule has 2 aliphatic rings. The summed E-state index contributed by atoms with van der Waals surface area (Å²) in [4.78, 5) is 91.9. The summed E-state index contributed by atoms with van der Waals surface area (Å²) < 4.78 is 27.1. The monoisotopic (exact) mass is 1490 g/mol. The molecule has 0 aliphatic carbocycles. The van der Waals surface area contributed by atoms with E-state index in [1.165, 1.54) is 6.07 Å². The van der Waals surface area contributed by atoms with E-state index in [2.05, 4.69) is 41.0 Å². The Hall–Kier alpha value is -8.77. The van der Waals surface area contributed by atoms with Crippen LogP contribution in [0.3, 0.4) is 0 Å². The maximum absolute atomic E-state index is 13.3. The first kappa shape index (κ1) is 86.6. The SMILES string of the molecule is C[C@H](N(Cc1ccc(Nc2ccc3c(c2)N(C(=O)OC(C)(C)C)CC3)c(N)c1)C(=O)OCc1ccccc1)C(C)(C)C.C[C@H](N(Cc1ccc(Nc2ccc3c(c2)N(C(=O)OC(C)(C)C)CC3)c([N+](=O)[O-])c1)C(=O)OCc1ccccc1)C(C)(C)C.O=C(Cl)OCc1ccccc1.O=CO[O-].[Na+].[Zn]. The molecule has 542 valence electrons. The number of anilines is 7. The third kappa shape index (κ3) is 27.7. The van der Waals surface area contributed by atoms with Crippen LogP contribution >= 0.6 is 11.6 Å². The quantitative estimate of drug-likeness (QED) is 0.0105. The van der Waals surface area contributed by atoms with Gasteiger partial charge in [-0.15, -0.1) is 0 Å². The Morgan fingerprint density at radius 2 is 0.913 bits per heavy atom. The molecule has 2 atom stereocenters. The fourth-order valence-corrected chi connectivity index (χ4v) is 10.4. The molecule has 4 N–H and O–H groups in total. The Balaban J connectivity index is 0.000000357. The van der Waals surface area contributed by atoms with Crippen LogP contribution in [-0.2, 0) is 98.6 Å². The molecule has 0 saturated heterocycles. The van der Waals surface area contributed by atoms with Gasteiger partial charge < -0.3 is 60.0 Å². The maximum atomic E-state index is 13.3. The van der Waals surface area contributed by atoms with Gasteiger partial charge in [-0.1, -0.05) is 157 Å². The van der Waals surface area contributed by atoms with Crippen molar-refractivity contribution >= 4 is 93.4 Å². The molecule has 4 amide bonds. The number of rotatable bonds is 18. The molecule has 7 aromatic carbocycles. The first-order valence-electron chi connectivity index (χ1n) is 33.0. The largest absolute Gasteiger partial charge is 1.00 e. The number of nitro benzene ring substituents is 1. The Morgan fingerprint density at radius 1 is 0.553 bits per heavy atom. The van der Waals surface area contributed by atoms with Gasteiger partial charge in [-0.2, -0.15) is 0 Å². The minimum Gasteiger partial charge on any atom is -0.662 e. The van der Waals surface area contributed by atoms with Crippen LogP contribution in [0.15, 0.2) is 164 Å². The second-order valence-electron chi connectivity index (χ2n) is 28.4. The standard InChI is InChI=1S/C34H42N4O6.C34H44N4O4.C8H7ClO2.CH2O3.Na.Zn/c1-23(33(2,3)4)37(31(39)43-22-24-11-9-8-10-12-24)21-25-13-16-28(30(19-25)38(41)42)35-27-15-14-26-17-18-36(29(26)20-27)32(40)44-34(5,6)7;1-23(33(2,3)4)38(31(39)41-22-24-11-9-8-10-12-24)21-25-13-16-29(28(35)19-25)36-27-15-14-26-17-18-37(30(26)20-27)32(40)42-34(5,6)7;9-8(10)11-6-7-4-2-1-3-5-7;2-1-4-3;;/h8-16,19-20,23,35H,17-18,21-22H2,1-7H3;8-16,19-20,23,36H,17-18,21-22,35H2,1-7H3;1-5H,6H2;1,3H;;/q;;;;+1;/p-1/t2*23-;;;;/m00..../s1. The summed E-state index contributed by atoms with van der Waals surface area (Å²) in [7, 11) is 0. The number of nitro groups is 1. The van der Waals surface area contributed by atoms with Crippen molar-refractivity contribution in [2.75, 3.05) is 39.3 Å². The number of carbonyl (C=O) groups is 6. The number of halogens is 1. The van der Waals surface area contributed by atoms with Gasteiger partial charge in [0.2, 0.25) is 0 Å². The van der Waals surface area contributed by atoms with Crippen molar-refractivity contribution in [2.45, 2.75) is 166 Å². The predicted octanol–water partition coefficient (Wildman–Crippen LogP) is 14.1. The van der Waals surface area contributed by atoms with E-state index >= 15 is 0 Å². The van der Waals surface area contributed by atoms with Crippen LogP contribution in [0.5, 0.6) is 0 Å². The van der Waals surface area contributed by atoms with Crippen molar-refractivity contribution < 1.29 is 117 Å². The molecule has 9 rings (SSSR count). The molecule has 0 spiro atoms. The van der Waals surface area contributed by atoms with Crippen LogP contribution < -0.4 is 61.0 Å². The molecule has 26 heteroatoms. The minimum absolute atomic E-state index is 0. The summed E-state index contributed by atoms with van der Waals surface area (Å²) in [6, 6.07) is 50.3. The van der Waals surface area contributed by atoms with Crippen LogP contribution in [0.2, 0.25) is 0 Å². The molecule has 0 fully saturated rings. The van der Waals surface area contributed by atoms with Crippen molar-refractivity contribution in [1.82, 2.24) is 9.80 Å². The van der Waals surface area contributed by atoms with Crippen LogP contribution in [0, 0.1) is 20.9 Å². The summed E-state index contributed by atoms with van der Waals surface area (Å²) in [5.41, 5.74) is 14.9. The Morgan fingerprint density at radius 3 is 1.25 bits per heavy atom. The van der Waals surface area contributed by atoms with E-state index in [0.717, 1.165) is 56.9 Å². The number of nitrogen functional groups attached to an aromatic ring is 1. The third-order valence-electron chi connectivity index (χ3n) is 16.4. The second-order valence-corrected chi connectivity index (χ2v) is 28.7. The van der Waals surface area contributed by atoms with Crippen molar-refractivity contribution in [3.05, 3.63) is 213 Å². The van der Waals surface area contributed by atoms with E-state index in [4.69, 9.17) is 46.3 Å². The number of benzene rings is 7. The normalized spacial score (nSPS) is 12.6. The molecule has 103 heavy (non-hydrogen) atoms. The second kappa shape index (κ2) is 39.8. The van der Waals surface area contributed by atoms with Crippen LogP contribution in [0.1, 0.15) is 136 Å². The fourth-order valence-electron chi connectivity index (χ4n) is 10.4. The number of nitrogens with two attached hydrogens (primary N) is 1. The van der Waals surface area contributed by atoms with Crippen molar-refractivity contribution in [3.63, 3.8) is 0 Å². The van der Waals surface area contributed by atoms with Gasteiger partial charge in [-0.25, -0.2) is 24.0 Å². The van der Waals surface area contributed by atoms with E-state index in [1.807, 2.05) is 216 Å². The van der Waals surface area contributed by atoms with Gasteiger partial charge >= 0.3 is 59.4 Å². The van der Waals surface area contributed by atoms with Crippen molar-refractivity contribution in [1.29, 1.82) is 0 Å². The van der Waals surface area contributed by atoms with Gasteiger partial charge in [-0.05, 0) is 160 Å². The summed E-state index contributed by atoms with van der Waals surface area (Å²) >= 11 is 4.97. The Labute approximate surface area is 644 Å². The number of ether oxygens (including phenoxy) is 5. The first-order chi connectivity index (χ1) is 47.5. The summed E-state index contributed by atoms with van der Waals surface area (Å²) in [6.07, 6.45) is -0.161. The zero-order valence-electron chi connectivity index (χ0n) is 61.7. The van der Waals surface area contributed by atoms with Gasteiger partial charge in [0.1, 0.15) is 36.7 Å². The zero-order chi connectivity index (χ0) is 74.4. The minimum atomic E-state index is -0.770. The third-order valence-corrected chi connectivity index (χ3v) is 16.5. The van der Waals surface area contributed by atoms with E-state index in [-0.39, 0.29) is 123 Å². The van der Waals surface area contributed by atoms with Crippen LogP contribution in [0.25, 0.3) is 0 Å². The molecule has 0 unspecified atom stereocenters. The summed E-state index contributed by atoms with van der Waals surface area (Å²) in [6.45, 7) is 29.4. The number of nitrogens with zero attached hydrogens (tertiary/aromatic N) is 5. The van der Waals surface area contributed by atoms with Gasteiger partial charge in [-0.3, -0.25) is 24.7 Å². The van der Waals surface area contributed by atoms with Crippen molar-refractivity contribution in [2.24, 2.45) is 10.8 Å². The molecule has 0 bridgehead atoms. The van der Waals surface area contributed by atoms with E-state index in [0.29, 0.717) is 54.4 Å². The summed E-state index contributed by atoms with van der Waals surface area (Å²) in [5, 5.41) is 27.2. The van der Waals surface area contributed by atoms with Gasteiger partial charge in [0.15, 0.2) is 0 Å². The predicted molar refractivity (Wildman–Crippen MR) is 390 cm³/mol. The molecular formula is C77H94ClN8NaO15Zn. The number of amides is 4. The number of hydrogen-bond acceptors (Lipinski definition) is 18. The summed E-state index contributed by atoms with van der Waals surface area (Å²) in [5.74, 6) is 0. The average Bonchev–Trinajstić information content (AvgIpc) is 1.72. The molecule has 0 saturated carbocycles. The maximum Gasteiger partial charge on any atom is 1.00 e. The molecule has 23 nitrogen and oxygen atoms in total. The van der Waals surface area contributed by atoms with E-state index in [9.17, 15) is 34.1 Å². The first-order valence-corrected chi connectivity index (χ1v) is 33.4.